The van der Waals surface area contributed by atoms with Crippen LogP contribution in [0, 0.1) is 6.92 Å². The number of carbonyl (C=O) groups excluding carboxylic acids is 2. The van der Waals surface area contributed by atoms with Gasteiger partial charge in [-0.2, -0.15) is 0 Å². The Labute approximate surface area is 191 Å². The first-order valence-corrected chi connectivity index (χ1v) is 10.4. The number of carbonyl (C=O) groups is 2. The van der Waals surface area contributed by atoms with Gasteiger partial charge in [0.1, 0.15) is 5.76 Å². The average Bonchev–Trinajstić information content (AvgIpc) is 3.08. The Kier molecular flexibility index (Phi) is 6.13. The van der Waals surface area contributed by atoms with Crippen molar-refractivity contribution in [1.82, 2.24) is 9.88 Å². The summed E-state index contributed by atoms with van der Waals surface area (Å²) in [6.45, 7) is 2.06. The molecule has 4 rings (SSSR count). The van der Waals surface area contributed by atoms with Gasteiger partial charge in [0, 0.05) is 11.8 Å². The van der Waals surface area contributed by atoms with Crippen molar-refractivity contribution in [2.75, 3.05) is 14.2 Å². The van der Waals surface area contributed by atoms with E-state index in [2.05, 4.69) is 4.98 Å². The van der Waals surface area contributed by atoms with Gasteiger partial charge in [0.15, 0.2) is 11.5 Å². The number of hydrogen-bond donors (Lipinski definition) is 1. The van der Waals surface area contributed by atoms with Gasteiger partial charge in [-0.15, -0.1) is 0 Å². The van der Waals surface area contributed by atoms with Crippen molar-refractivity contribution in [3.63, 3.8) is 0 Å². The van der Waals surface area contributed by atoms with E-state index in [1.807, 2.05) is 37.3 Å². The van der Waals surface area contributed by atoms with Gasteiger partial charge in [-0.25, -0.2) is 0 Å². The van der Waals surface area contributed by atoms with Gasteiger partial charge in [-0.1, -0.05) is 35.9 Å². The fourth-order valence-corrected chi connectivity index (χ4v) is 4.04. The molecule has 0 bridgehead atoms. The summed E-state index contributed by atoms with van der Waals surface area (Å²) in [6, 6.07) is 17.0. The Hall–Kier alpha value is -4.13. The number of aliphatic hydroxyl groups excluding tert-OH is 1. The van der Waals surface area contributed by atoms with Crippen LogP contribution in [-0.2, 0) is 16.1 Å². The fraction of sp³-hybridized carbons (Fsp3) is 0.192. The van der Waals surface area contributed by atoms with Crippen molar-refractivity contribution in [1.29, 1.82) is 0 Å². The van der Waals surface area contributed by atoms with Gasteiger partial charge in [0.2, 0.25) is 0 Å². The van der Waals surface area contributed by atoms with E-state index >= 15 is 0 Å². The smallest absolute Gasteiger partial charge is 0.296 e. The predicted octanol–water partition coefficient (Wildman–Crippen LogP) is 4.03. The summed E-state index contributed by atoms with van der Waals surface area (Å²) in [4.78, 5) is 32.0. The third kappa shape index (κ3) is 4.17. The first kappa shape index (κ1) is 22.1. The number of Topliss-reactive ketones (excluding diaryl/α,β-unsaturated/α-hetero) is 1. The SMILES string of the molecule is COc1ccc(/C(O)=C2/C(=O)C(=O)N(Cc3ccccn3)C2c2cccc(C)c2)cc1OC. The van der Waals surface area contributed by atoms with Crippen molar-refractivity contribution < 1.29 is 24.2 Å². The molecule has 0 saturated carbocycles. The molecule has 7 nitrogen and oxygen atoms in total. The third-order valence-corrected chi connectivity index (χ3v) is 5.61. The number of aryl methyl sites for hydroxylation is 1. The fourth-order valence-electron chi connectivity index (χ4n) is 4.04. The summed E-state index contributed by atoms with van der Waals surface area (Å²) in [5.41, 5.74) is 2.72. The van der Waals surface area contributed by atoms with Crippen LogP contribution in [0.15, 0.2) is 72.4 Å². The Bertz CT molecular complexity index is 1240. The number of aromatic nitrogens is 1. The summed E-state index contributed by atoms with van der Waals surface area (Å²) in [6.07, 6.45) is 1.64. The number of aliphatic hydroxyl groups is 1. The van der Waals surface area contributed by atoms with Crippen LogP contribution in [0.2, 0.25) is 0 Å². The minimum atomic E-state index is -0.764. The molecule has 1 atom stereocenters. The molecule has 2 heterocycles. The van der Waals surface area contributed by atoms with Crippen LogP contribution in [0.5, 0.6) is 11.5 Å². The minimum Gasteiger partial charge on any atom is -0.507 e. The Balaban J connectivity index is 1.88. The maximum Gasteiger partial charge on any atom is 0.296 e. The van der Waals surface area contributed by atoms with E-state index in [0.717, 1.165) is 11.1 Å². The number of ketones is 1. The van der Waals surface area contributed by atoms with Gasteiger partial charge in [-0.05, 0) is 42.8 Å². The molecule has 1 aliphatic rings. The van der Waals surface area contributed by atoms with Crippen LogP contribution in [0.3, 0.4) is 0 Å². The van der Waals surface area contributed by atoms with Crippen molar-refractivity contribution >= 4 is 17.4 Å². The van der Waals surface area contributed by atoms with Crippen LogP contribution < -0.4 is 9.47 Å². The van der Waals surface area contributed by atoms with Crippen LogP contribution in [-0.4, -0.2) is 40.9 Å². The van der Waals surface area contributed by atoms with Gasteiger partial charge < -0.3 is 19.5 Å². The lowest BCUT2D eigenvalue weighted by Crippen LogP contribution is -2.29. The van der Waals surface area contributed by atoms with E-state index in [0.29, 0.717) is 22.8 Å². The quantitative estimate of drug-likeness (QED) is 0.351. The molecule has 168 valence electrons. The molecular formula is C26H24N2O5. The second kappa shape index (κ2) is 9.16. The predicted molar refractivity (Wildman–Crippen MR) is 123 cm³/mol. The van der Waals surface area contributed by atoms with Crippen molar-refractivity contribution in [2.24, 2.45) is 0 Å². The largest absolute Gasteiger partial charge is 0.507 e. The number of nitrogens with zero attached hydrogens (tertiary/aromatic N) is 2. The van der Waals surface area contributed by atoms with Crippen LogP contribution in [0.1, 0.15) is 28.4 Å². The van der Waals surface area contributed by atoms with E-state index < -0.39 is 17.7 Å². The zero-order valence-corrected chi connectivity index (χ0v) is 18.6. The Morgan fingerprint density at radius 2 is 1.79 bits per heavy atom. The topological polar surface area (TPSA) is 89.0 Å². The Morgan fingerprint density at radius 3 is 2.45 bits per heavy atom. The van der Waals surface area contributed by atoms with Gasteiger partial charge in [0.25, 0.3) is 11.7 Å². The monoisotopic (exact) mass is 444 g/mol. The minimum absolute atomic E-state index is 0.0220. The highest BCUT2D eigenvalue weighted by Crippen LogP contribution is 2.41. The number of methoxy groups -OCH3 is 2. The molecule has 1 unspecified atom stereocenters. The lowest BCUT2D eigenvalue weighted by Gasteiger charge is -2.25. The highest BCUT2D eigenvalue weighted by atomic mass is 16.5. The molecule has 3 aromatic rings. The number of pyridine rings is 1. The lowest BCUT2D eigenvalue weighted by atomic mass is 9.94. The first-order chi connectivity index (χ1) is 15.9. The highest BCUT2D eigenvalue weighted by Gasteiger charge is 2.46. The molecule has 1 amide bonds. The maximum absolute atomic E-state index is 13.2. The molecule has 0 aliphatic carbocycles. The number of benzene rings is 2. The van der Waals surface area contributed by atoms with Crippen LogP contribution in [0.25, 0.3) is 5.76 Å². The molecule has 7 heteroatoms. The van der Waals surface area contributed by atoms with E-state index in [9.17, 15) is 14.7 Å². The van der Waals surface area contributed by atoms with E-state index in [1.165, 1.54) is 19.1 Å². The van der Waals surface area contributed by atoms with Gasteiger partial charge in [0.05, 0.1) is 38.1 Å². The van der Waals surface area contributed by atoms with Crippen molar-refractivity contribution in [2.45, 2.75) is 19.5 Å². The molecule has 0 spiro atoms. The van der Waals surface area contributed by atoms with Crippen LogP contribution >= 0.6 is 0 Å². The summed E-state index contributed by atoms with van der Waals surface area (Å²) in [5, 5.41) is 11.2. The number of likely N-dealkylation sites (tertiary alicyclic amines) is 1. The molecule has 2 aromatic carbocycles. The van der Waals surface area contributed by atoms with E-state index in [-0.39, 0.29) is 17.9 Å². The molecule has 33 heavy (non-hydrogen) atoms. The summed E-state index contributed by atoms with van der Waals surface area (Å²) < 4.78 is 10.6. The Morgan fingerprint density at radius 1 is 1.00 bits per heavy atom. The highest BCUT2D eigenvalue weighted by molar-refractivity contribution is 6.46. The molecule has 1 aliphatic heterocycles. The summed E-state index contributed by atoms with van der Waals surface area (Å²) in [5.74, 6) is -0.820. The lowest BCUT2D eigenvalue weighted by molar-refractivity contribution is -0.140. The average molecular weight is 444 g/mol. The summed E-state index contributed by atoms with van der Waals surface area (Å²) in [7, 11) is 3.00. The van der Waals surface area contributed by atoms with Gasteiger partial charge in [-0.3, -0.25) is 14.6 Å². The molecule has 0 radical (unpaired) electrons. The zero-order valence-electron chi connectivity index (χ0n) is 18.6. The van der Waals surface area contributed by atoms with Crippen molar-refractivity contribution in [3.8, 4) is 11.5 Å². The second-order valence-electron chi connectivity index (χ2n) is 7.73. The zero-order chi connectivity index (χ0) is 23.5. The van der Waals surface area contributed by atoms with Crippen LogP contribution in [0.4, 0.5) is 0 Å². The van der Waals surface area contributed by atoms with Gasteiger partial charge >= 0.3 is 0 Å². The van der Waals surface area contributed by atoms with Crippen molar-refractivity contribution in [3.05, 3.63) is 94.8 Å². The molecule has 1 N–H and O–H groups in total. The summed E-state index contributed by atoms with van der Waals surface area (Å²) >= 11 is 0. The normalized spacial score (nSPS) is 17.3. The van der Waals surface area contributed by atoms with E-state index in [1.54, 1.807) is 36.5 Å². The molecular weight excluding hydrogens is 420 g/mol. The third-order valence-electron chi connectivity index (χ3n) is 5.61. The molecule has 1 fully saturated rings. The number of ether oxygens (including phenoxy) is 2. The molecule has 1 saturated heterocycles. The molecule has 1 aromatic heterocycles. The number of hydrogen-bond acceptors (Lipinski definition) is 6. The number of amides is 1. The van der Waals surface area contributed by atoms with E-state index in [4.69, 9.17) is 9.47 Å². The standard InChI is InChI=1S/C26H24N2O5/c1-16-7-6-8-17(13-16)23-22(24(29)18-10-11-20(32-2)21(14-18)33-3)25(30)26(31)28(23)15-19-9-4-5-12-27-19/h4-14,23,29H,15H2,1-3H3/b24-22-. The first-order valence-electron chi connectivity index (χ1n) is 10.4. The maximum atomic E-state index is 13.2. The number of rotatable bonds is 6. The second-order valence-corrected chi connectivity index (χ2v) is 7.73.